The SMILES string of the molecule is COCCC(Nc1cncc(-c2ccc(O)c(OC)c2)n1)c1ccccc1. The van der Waals surface area contributed by atoms with Crippen LogP contribution >= 0.6 is 0 Å². The predicted octanol–water partition coefficient (Wildman–Crippen LogP) is 4.05. The topological polar surface area (TPSA) is 76.5 Å². The van der Waals surface area contributed by atoms with Gasteiger partial charge < -0.3 is 19.9 Å². The summed E-state index contributed by atoms with van der Waals surface area (Å²) in [4.78, 5) is 8.98. The lowest BCUT2D eigenvalue weighted by Gasteiger charge is -2.19. The molecule has 0 bridgehead atoms. The van der Waals surface area contributed by atoms with Crippen LogP contribution in [-0.2, 0) is 4.74 Å². The molecule has 1 unspecified atom stereocenters. The lowest BCUT2D eigenvalue weighted by molar-refractivity contribution is 0.190. The monoisotopic (exact) mass is 365 g/mol. The number of nitrogens with one attached hydrogen (secondary N) is 1. The number of ether oxygens (including phenoxy) is 2. The second-order valence-corrected chi connectivity index (χ2v) is 6.07. The normalized spacial score (nSPS) is 11.8. The van der Waals surface area contributed by atoms with E-state index in [1.165, 1.54) is 7.11 Å². The van der Waals surface area contributed by atoms with Gasteiger partial charge in [-0.1, -0.05) is 30.3 Å². The molecule has 6 heteroatoms. The maximum absolute atomic E-state index is 9.78. The molecule has 1 heterocycles. The molecule has 0 aliphatic carbocycles. The van der Waals surface area contributed by atoms with Gasteiger partial charge in [0.2, 0.25) is 0 Å². The summed E-state index contributed by atoms with van der Waals surface area (Å²) in [7, 11) is 3.21. The number of phenols is 1. The summed E-state index contributed by atoms with van der Waals surface area (Å²) in [5, 5.41) is 13.2. The van der Waals surface area contributed by atoms with Gasteiger partial charge >= 0.3 is 0 Å². The molecule has 3 rings (SSSR count). The summed E-state index contributed by atoms with van der Waals surface area (Å²) < 4.78 is 10.4. The highest BCUT2D eigenvalue weighted by Crippen LogP contribution is 2.31. The fourth-order valence-electron chi connectivity index (χ4n) is 2.83. The molecule has 6 nitrogen and oxygen atoms in total. The molecule has 0 aliphatic heterocycles. The van der Waals surface area contributed by atoms with Crippen LogP contribution < -0.4 is 10.1 Å². The van der Waals surface area contributed by atoms with Crippen LogP contribution in [0, 0.1) is 0 Å². The summed E-state index contributed by atoms with van der Waals surface area (Å²) in [5.74, 6) is 1.16. The number of aromatic nitrogens is 2. The van der Waals surface area contributed by atoms with Crippen molar-refractivity contribution in [2.75, 3.05) is 26.1 Å². The van der Waals surface area contributed by atoms with E-state index in [4.69, 9.17) is 9.47 Å². The first-order valence-corrected chi connectivity index (χ1v) is 8.71. The smallest absolute Gasteiger partial charge is 0.161 e. The van der Waals surface area contributed by atoms with E-state index >= 15 is 0 Å². The summed E-state index contributed by atoms with van der Waals surface area (Å²) in [6.07, 6.45) is 4.19. The van der Waals surface area contributed by atoms with Gasteiger partial charge in [-0.05, 0) is 30.2 Å². The van der Waals surface area contributed by atoms with Crippen molar-refractivity contribution in [1.82, 2.24) is 9.97 Å². The minimum absolute atomic E-state index is 0.0602. The maximum Gasteiger partial charge on any atom is 0.161 e. The fraction of sp³-hybridized carbons (Fsp3) is 0.238. The zero-order valence-electron chi connectivity index (χ0n) is 15.4. The van der Waals surface area contributed by atoms with E-state index in [0.717, 1.165) is 17.5 Å². The van der Waals surface area contributed by atoms with Crippen LogP contribution in [0.5, 0.6) is 11.5 Å². The molecular weight excluding hydrogens is 342 g/mol. The van der Waals surface area contributed by atoms with Crippen molar-refractivity contribution in [2.45, 2.75) is 12.5 Å². The minimum Gasteiger partial charge on any atom is -0.504 e. The number of methoxy groups -OCH3 is 2. The third-order valence-corrected chi connectivity index (χ3v) is 4.24. The second kappa shape index (κ2) is 9.00. The summed E-state index contributed by atoms with van der Waals surface area (Å²) in [6.45, 7) is 0.634. The van der Waals surface area contributed by atoms with Crippen molar-refractivity contribution < 1.29 is 14.6 Å². The number of hydrogen-bond acceptors (Lipinski definition) is 6. The van der Waals surface area contributed by atoms with Crippen molar-refractivity contribution in [1.29, 1.82) is 0 Å². The van der Waals surface area contributed by atoms with Crippen molar-refractivity contribution >= 4 is 5.82 Å². The van der Waals surface area contributed by atoms with Crippen LogP contribution in [0.2, 0.25) is 0 Å². The van der Waals surface area contributed by atoms with Gasteiger partial charge in [0.25, 0.3) is 0 Å². The zero-order chi connectivity index (χ0) is 19.1. The van der Waals surface area contributed by atoms with Crippen LogP contribution in [0.25, 0.3) is 11.3 Å². The number of aromatic hydroxyl groups is 1. The summed E-state index contributed by atoms with van der Waals surface area (Å²) >= 11 is 0. The average Bonchev–Trinajstić information content (AvgIpc) is 2.72. The summed E-state index contributed by atoms with van der Waals surface area (Å²) in [6, 6.07) is 15.4. The van der Waals surface area contributed by atoms with Gasteiger partial charge in [0.05, 0.1) is 31.2 Å². The lowest BCUT2D eigenvalue weighted by Crippen LogP contribution is -2.14. The molecule has 140 valence electrons. The van der Waals surface area contributed by atoms with Gasteiger partial charge in [-0.25, -0.2) is 4.98 Å². The standard InChI is InChI=1S/C21H23N3O3/c1-26-11-10-17(15-6-4-3-5-7-15)23-21-14-22-13-18(24-21)16-8-9-19(25)20(12-16)27-2/h3-9,12-14,17,25H,10-11H2,1-2H3,(H,23,24). The molecule has 0 spiro atoms. The van der Waals surface area contributed by atoms with Crippen molar-refractivity contribution in [3.63, 3.8) is 0 Å². The molecule has 27 heavy (non-hydrogen) atoms. The highest BCUT2D eigenvalue weighted by molar-refractivity contribution is 5.64. The molecule has 0 aliphatic rings. The van der Waals surface area contributed by atoms with Gasteiger partial charge in [-0.15, -0.1) is 0 Å². The number of anilines is 1. The van der Waals surface area contributed by atoms with Gasteiger partial charge in [0.15, 0.2) is 11.5 Å². The molecule has 1 aromatic heterocycles. The van der Waals surface area contributed by atoms with E-state index < -0.39 is 0 Å². The third-order valence-electron chi connectivity index (χ3n) is 4.24. The molecular formula is C21H23N3O3. The van der Waals surface area contributed by atoms with E-state index in [9.17, 15) is 5.11 Å². The van der Waals surface area contributed by atoms with Crippen molar-refractivity contribution in [3.05, 3.63) is 66.5 Å². The molecule has 3 aromatic rings. The lowest BCUT2D eigenvalue weighted by atomic mass is 10.0. The zero-order valence-corrected chi connectivity index (χ0v) is 15.4. The van der Waals surface area contributed by atoms with E-state index in [0.29, 0.717) is 23.9 Å². The number of benzene rings is 2. The second-order valence-electron chi connectivity index (χ2n) is 6.07. The molecule has 0 fully saturated rings. The van der Waals surface area contributed by atoms with Crippen LogP contribution in [0.4, 0.5) is 5.82 Å². The molecule has 0 amide bonds. The molecule has 0 saturated carbocycles. The Balaban J connectivity index is 1.85. The Labute approximate surface area is 158 Å². The predicted molar refractivity (Wildman–Crippen MR) is 105 cm³/mol. The van der Waals surface area contributed by atoms with E-state index in [-0.39, 0.29) is 11.8 Å². The van der Waals surface area contributed by atoms with Crippen LogP contribution in [0.1, 0.15) is 18.0 Å². The van der Waals surface area contributed by atoms with Gasteiger partial charge in [0.1, 0.15) is 5.82 Å². The van der Waals surface area contributed by atoms with E-state index in [1.807, 2.05) is 18.2 Å². The Morgan fingerprint density at radius 2 is 1.89 bits per heavy atom. The number of nitrogens with zero attached hydrogens (tertiary/aromatic N) is 2. The average molecular weight is 365 g/mol. The van der Waals surface area contributed by atoms with E-state index in [2.05, 4.69) is 27.4 Å². The highest BCUT2D eigenvalue weighted by Gasteiger charge is 2.13. The van der Waals surface area contributed by atoms with Crippen molar-refractivity contribution in [2.24, 2.45) is 0 Å². The quantitative estimate of drug-likeness (QED) is 0.627. The molecule has 2 aromatic carbocycles. The Bertz CT molecular complexity index is 872. The summed E-state index contributed by atoms with van der Waals surface area (Å²) in [5.41, 5.74) is 2.67. The van der Waals surface area contributed by atoms with Crippen LogP contribution in [0.3, 0.4) is 0 Å². The van der Waals surface area contributed by atoms with Gasteiger partial charge in [0, 0.05) is 19.3 Å². The molecule has 0 radical (unpaired) electrons. The first kappa shape index (κ1) is 18.7. The highest BCUT2D eigenvalue weighted by atomic mass is 16.5. The Hall–Kier alpha value is -3.12. The number of phenolic OH excluding ortho intramolecular Hbond substituents is 1. The van der Waals surface area contributed by atoms with Crippen LogP contribution in [0.15, 0.2) is 60.9 Å². The number of rotatable bonds is 8. The first-order valence-electron chi connectivity index (χ1n) is 8.71. The third kappa shape index (κ3) is 4.74. The minimum atomic E-state index is 0.0602. The Morgan fingerprint density at radius 1 is 1.07 bits per heavy atom. The fourth-order valence-corrected chi connectivity index (χ4v) is 2.83. The Kier molecular flexibility index (Phi) is 6.22. The van der Waals surface area contributed by atoms with Gasteiger partial charge in [-0.2, -0.15) is 0 Å². The Morgan fingerprint density at radius 3 is 2.63 bits per heavy atom. The maximum atomic E-state index is 9.78. The molecule has 1 atom stereocenters. The van der Waals surface area contributed by atoms with Crippen LogP contribution in [-0.4, -0.2) is 35.9 Å². The number of hydrogen-bond donors (Lipinski definition) is 2. The largest absolute Gasteiger partial charge is 0.504 e. The molecule has 0 saturated heterocycles. The first-order chi connectivity index (χ1) is 13.2. The molecule has 2 N–H and O–H groups in total. The van der Waals surface area contributed by atoms with Crippen molar-refractivity contribution in [3.8, 4) is 22.8 Å². The van der Waals surface area contributed by atoms with E-state index in [1.54, 1.807) is 37.7 Å². The van der Waals surface area contributed by atoms with Gasteiger partial charge in [-0.3, -0.25) is 4.98 Å².